The molecule has 1 aromatic carbocycles. The van der Waals surface area contributed by atoms with Crippen molar-refractivity contribution in [1.82, 2.24) is 9.80 Å². The molecule has 2 amide bonds. The molecule has 1 fully saturated rings. The summed E-state index contributed by atoms with van der Waals surface area (Å²) in [6.45, 7) is 5.28. The summed E-state index contributed by atoms with van der Waals surface area (Å²) in [7, 11) is 1.81. The van der Waals surface area contributed by atoms with Gasteiger partial charge in [0.25, 0.3) is 11.8 Å². The van der Waals surface area contributed by atoms with Crippen LogP contribution in [-0.2, 0) is 4.74 Å². The van der Waals surface area contributed by atoms with E-state index >= 15 is 0 Å². The summed E-state index contributed by atoms with van der Waals surface area (Å²) < 4.78 is 5.25. The van der Waals surface area contributed by atoms with E-state index in [1.165, 1.54) is 0 Å². The van der Waals surface area contributed by atoms with Gasteiger partial charge in [-0.15, -0.1) is 0 Å². The molecular weight excluding hydrogens is 280 g/mol. The van der Waals surface area contributed by atoms with Crippen molar-refractivity contribution < 1.29 is 14.3 Å². The molecule has 1 saturated heterocycles. The Morgan fingerprint density at radius 1 is 1.14 bits per heavy atom. The lowest BCUT2D eigenvalue weighted by atomic mass is 10.1. The SMILES string of the molecule is CCCCN(C)C(=O)c1ccc(C(=O)N2CCOCC2)cc1. The van der Waals surface area contributed by atoms with Crippen molar-refractivity contribution in [3.8, 4) is 0 Å². The predicted molar refractivity (Wildman–Crippen MR) is 85.0 cm³/mol. The van der Waals surface area contributed by atoms with Crippen molar-refractivity contribution in [3.63, 3.8) is 0 Å². The first kappa shape index (κ1) is 16.5. The lowest BCUT2D eigenvalue weighted by Crippen LogP contribution is -2.40. The van der Waals surface area contributed by atoms with Gasteiger partial charge in [-0.25, -0.2) is 0 Å². The zero-order valence-electron chi connectivity index (χ0n) is 13.4. The number of ether oxygens (including phenoxy) is 1. The molecule has 0 saturated carbocycles. The van der Waals surface area contributed by atoms with Gasteiger partial charge in [-0.05, 0) is 30.7 Å². The number of hydrogen-bond acceptors (Lipinski definition) is 3. The van der Waals surface area contributed by atoms with Crippen LogP contribution >= 0.6 is 0 Å². The van der Waals surface area contributed by atoms with E-state index < -0.39 is 0 Å². The van der Waals surface area contributed by atoms with Crippen molar-refractivity contribution in [3.05, 3.63) is 35.4 Å². The smallest absolute Gasteiger partial charge is 0.254 e. The number of amides is 2. The first-order valence-electron chi connectivity index (χ1n) is 7.86. The predicted octanol–water partition coefficient (Wildman–Crippen LogP) is 2.03. The van der Waals surface area contributed by atoms with Gasteiger partial charge in [0.05, 0.1) is 13.2 Å². The molecule has 0 bridgehead atoms. The summed E-state index contributed by atoms with van der Waals surface area (Å²) >= 11 is 0. The van der Waals surface area contributed by atoms with Crippen LogP contribution in [0.2, 0.25) is 0 Å². The van der Waals surface area contributed by atoms with Gasteiger partial charge in [0.15, 0.2) is 0 Å². The first-order valence-corrected chi connectivity index (χ1v) is 7.86. The van der Waals surface area contributed by atoms with E-state index in [-0.39, 0.29) is 11.8 Å². The molecule has 22 heavy (non-hydrogen) atoms. The van der Waals surface area contributed by atoms with E-state index in [9.17, 15) is 9.59 Å². The molecule has 120 valence electrons. The second kappa shape index (κ2) is 7.94. The molecule has 0 aliphatic carbocycles. The monoisotopic (exact) mass is 304 g/mol. The molecule has 1 aromatic rings. The van der Waals surface area contributed by atoms with Gasteiger partial charge >= 0.3 is 0 Å². The third-order valence-electron chi connectivity index (χ3n) is 3.87. The summed E-state index contributed by atoms with van der Waals surface area (Å²) in [5.41, 5.74) is 1.24. The Labute approximate surface area is 131 Å². The fourth-order valence-corrected chi connectivity index (χ4v) is 2.42. The maximum Gasteiger partial charge on any atom is 0.254 e. The van der Waals surface area contributed by atoms with Gasteiger partial charge < -0.3 is 14.5 Å². The van der Waals surface area contributed by atoms with Crippen LogP contribution in [0.15, 0.2) is 24.3 Å². The van der Waals surface area contributed by atoms with Crippen LogP contribution in [0, 0.1) is 0 Å². The molecule has 0 spiro atoms. The van der Waals surface area contributed by atoms with Crippen LogP contribution < -0.4 is 0 Å². The normalized spacial score (nSPS) is 14.7. The third-order valence-corrected chi connectivity index (χ3v) is 3.87. The average Bonchev–Trinajstić information content (AvgIpc) is 2.59. The number of rotatable bonds is 5. The van der Waals surface area contributed by atoms with Gasteiger partial charge in [-0.1, -0.05) is 13.3 Å². The van der Waals surface area contributed by atoms with Crippen molar-refractivity contribution in [2.45, 2.75) is 19.8 Å². The van der Waals surface area contributed by atoms with Crippen LogP contribution in [0.25, 0.3) is 0 Å². The molecule has 0 unspecified atom stereocenters. The summed E-state index contributed by atoms with van der Waals surface area (Å²) in [5, 5.41) is 0. The van der Waals surface area contributed by atoms with Gasteiger partial charge in [-0.3, -0.25) is 9.59 Å². The van der Waals surface area contributed by atoms with E-state index in [1.807, 2.05) is 7.05 Å². The van der Waals surface area contributed by atoms with Crippen LogP contribution in [-0.4, -0.2) is 61.5 Å². The highest BCUT2D eigenvalue weighted by Gasteiger charge is 2.19. The largest absolute Gasteiger partial charge is 0.378 e. The van der Waals surface area contributed by atoms with E-state index in [1.54, 1.807) is 34.1 Å². The first-order chi connectivity index (χ1) is 10.6. The van der Waals surface area contributed by atoms with Crippen LogP contribution in [0.4, 0.5) is 0 Å². The quantitative estimate of drug-likeness (QED) is 0.836. The van der Waals surface area contributed by atoms with Gasteiger partial charge in [0.1, 0.15) is 0 Å². The molecule has 1 aliphatic rings. The van der Waals surface area contributed by atoms with E-state index in [0.717, 1.165) is 19.4 Å². The molecular formula is C17H24N2O3. The standard InChI is InChI=1S/C17H24N2O3/c1-3-4-9-18(2)16(20)14-5-7-15(8-6-14)17(21)19-10-12-22-13-11-19/h5-8H,3-4,9-13H2,1-2H3. The van der Waals surface area contributed by atoms with Gasteiger partial charge in [-0.2, -0.15) is 0 Å². The lowest BCUT2D eigenvalue weighted by Gasteiger charge is -2.27. The molecule has 2 rings (SSSR count). The Morgan fingerprint density at radius 2 is 1.73 bits per heavy atom. The van der Waals surface area contributed by atoms with E-state index in [4.69, 9.17) is 4.74 Å². The number of nitrogens with zero attached hydrogens (tertiary/aromatic N) is 2. The molecule has 0 aromatic heterocycles. The maximum absolute atomic E-state index is 12.3. The molecule has 5 heteroatoms. The zero-order chi connectivity index (χ0) is 15.9. The fraction of sp³-hybridized carbons (Fsp3) is 0.529. The van der Waals surface area contributed by atoms with Crippen molar-refractivity contribution in [2.75, 3.05) is 39.9 Å². The highest BCUT2D eigenvalue weighted by Crippen LogP contribution is 2.11. The molecule has 0 atom stereocenters. The number of carbonyl (C=O) groups is 2. The van der Waals surface area contributed by atoms with Crippen LogP contribution in [0.1, 0.15) is 40.5 Å². The highest BCUT2D eigenvalue weighted by molar-refractivity contribution is 5.97. The molecule has 0 N–H and O–H groups in total. The molecule has 5 nitrogen and oxygen atoms in total. The van der Waals surface area contributed by atoms with Gasteiger partial charge in [0.2, 0.25) is 0 Å². The number of unbranched alkanes of at least 4 members (excludes halogenated alkanes) is 1. The summed E-state index contributed by atoms with van der Waals surface area (Å²) in [6, 6.07) is 6.94. The summed E-state index contributed by atoms with van der Waals surface area (Å²) in [5.74, 6) is 0.000424. The van der Waals surface area contributed by atoms with Crippen molar-refractivity contribution in [1.29, 1.82) is 0 Å². The summed E-state index contributed by atoms with van der Waals surface area (Å²) in [4.78, 5) is 28.1. The maximum atomic E-state index is 12.3. The lowest BCUT2D eigenvalue weighted by molar-refractivity contribution is 0.0303. The minimum atomic E-state index is -0.00109. The van der Waals surface area contributed by atoms with Crippen molar-refractivity contribution in [2.24, 2.45) is 0 Å². The van der Waals surface area contributed by atoms with Gasteiger partial charge in [0, 0.05) is 37.8 Å². The van der Waals surface area contributed by atoms with E-state index in [2.05, 4.69) is 6.92 Å². The second-order valence-electron chi connectivity index (χ2n) is 5.56. The van der Waals surface area contributed by atoms with E-state index in [0.29, 0.717) is 37.4 Å². The number of hydrogen-bond donors (Lipinski definition) is 0. The topological polar surface area (TPSA) is 49.9 Å². The Kier molecular flexibility index (Phi) is 5.95. The minimum Gasteiger partial charge on any atom is -0.378 e. The average molecular weight is 304 g/mol. The number of morpholine rings is 1. The number of carbonyl (C=O) groups excluding carboxylic acids is 2. The zero-order valence-corrected chi connectivity index (χ0v) is 13.4. The second-order valence-corrected chi connectivity index (χ2v) is 5.56. The van der Waals surface area contributed by atoms with Crippen LogP contribution in [0.3, 0.4) is 0 Å². The Bertz CT molecular complexity index is 507. The molecule has 1 heterocycles. The molecule has 0 radical (unpaired) electrons. The van der Waals surface area contributed by atoms with Crippen molar-refractivity contribution >= 4 is 11.8 Å². The third kappa shape index (κ3) is 4.07. The fourth-order valence-electron chi connectivity index (χ4n) is 2.42. The number of benzene rings is 1. The Morgan fingerprint density at radius 3 is 2.32 bits per heavy atom. The summed E-state index contributed by atoms with van der Waals surface area (Å²) in [6.07, 6.45) is 2.06. The van der Waals surface area contributed by atoms with Crippen LogP contribution in [0.5, 0.6) is 0 Å². The Hall–Kier alpha value is -1.88. The molecule has 1 aliphatic heterocycles. The minimum absolute atomic E-state index is 0.00109. The Balaban J connectivity index is 2.00. The highest BCUT2D eigenvalue weighted by atomic mass is 16.5.